The molecule has 2 heterocycles. The average Bonchev–Trinajstić information content (AvgIpc) is 2.99. The van der Waals surface area contributed by atoms with Gasteiger partial charge in [0, 0.05) is 16.0 Å². The van der Waals surface area contributed by atoms with Crippen LogP contribution in [0.15, 0.2) is 60.7 Å². The van der Waals surface area contributed by atoms with Crippen LogP contribution in [0.25, 0.3) is 32.6 Å². The van der Waals surface area contributed by atoms with Crippen molar-refractivity contribution in [2.75, 3.05) is 5.73 Å². The minimum atomic E-state index is -0.547. The van der Waals surface area contributed by atoms with Crippen LogP contribution in [0.5, 0.6) is 0 Å². The summed E-state index contributed by atoms with van der Waals surface area (Å²) in [6.45, 7) is 0. The van der Waals surface area contributed by atoms with Crippen LogP contribution in [0.4, 0.5) is 5.69 Å². The summed E-state index contributed by atoms with van der Waals surface area (Å²) in [5, 5.41) is 1.39. The number of nitrogens with zero attached hydrogens (tertiary/aromatic N) is 1. The summed E-state index contributed by atoms with van der Waals surface area (Å²) >= 11 is 7.24. The Morgan fingerprint density at radius 1 is 1.00 bits per heavy atom. The second kappa shape index (κ2) is 6.44. The van der Waals surface area contributed by atoms with Crippen molar-refractivity contribution in [2.45, 2.75) is 0 Å². The molecule has 26 heavy (non-hydrogen) atoms. The number of primary amides is 1. The molecule has 0 bridgehead atoms. The lowest BCUT2D eigenvalue weighted by atomic mass is 9.99. The third kappa shape index (κ3) is 2.81. The Hall–Kier alpha value is -2.89. The van der Waals surface area contributed by atoms with Gasteiger partial charge in [-0.25, -0.2) is 4.98 Å². The summed E-state index contributed by atoms with van der Waals surface area (Å²) in [5.41, 5.74) is 15.7. The molecule has 0 aliphatic carbocycles. The van der Waals surface area contributed by atoms with Crippen LogP contribution in [0, 0.1) is 0 Å². The van der Waals surface area contributed by atoms with Gasteiger partial charge in [0.25, 0.3) is 5.91 Å². The van der Waals surface area contributed by atoms with E-state index < -0.39 is 5.91 Å². The van der Waals surface area contributed by atoms with Crippen LogP contribution < -0.4 is 11.5 Å². The fourth-order valence-electron chi connectivity index (χ4n) is 2.92. The Bertz CT molecular complexity index is 1120. The molecule has 0 saturated carbocycles. The molecule has 0 atom stereocenters. The fourth-order valence-corrected chi connectivity index (χ4v) is 4.02. The standard InChI is InChI=1S/C20H14ClN3OS/c21-13-8-6-11(7-9-13)14-10-15(12-4-2-1-3-5-12)24-20-16(14)17(22)18(26-20)19(23)25/h1-10H,22H2,(H2,23,25). The zero-order valence-electron chi connectivity index (χ0n) is 13.6. The zero-order valence-corrected chi connectivity index (χ0v) is 15.1. The molecule has 2 aromatic heterocycles. The van der Waals surface area contributed by atoms with E-state index in [1.165, 1.54) is 11.3 Å². The van der Waals surface area contributed by atoms with Crippen LogP contribution in [0.1, 0.15) is 9.67 Å². The van der Waals surface area contributed by atoms with E-state index in [-0.39, 0.29) is 0 Å². The predicted octanol–water partition coefficient (Wildman–Crippen LogP) is 4.96. The Morgan fingerprint density at radius 3 is 2.35 bits per heavy atom. The fraction of sp³-hybridized carbons (Fsp3) is 0. The number of amides is 1. The van der Waals surface area contributed by atoms with Gasteiger partial charge in [-0.1, -0.05) is 54.1 Å². The average molecular weight is 380 g/mol. The minimum Gasteiger partial charge on any atom is -0.397 e. The number of pyridine rings is 1. The third-order valence-electron chi connectivity index (χ3n) is 4.15. The van der Waals surface area contributed by atoms with E-state index >= 15 is 0 Å². The Labute approximate surface area is 159 Å². The van der Waals surface area contributed by atoms with Crippen LogP contribution in [0.2, 0.25) is 5.02 Å². The molecule has 1 amide bonds. The van der Waals surface area contributed by atoms with Gasteiger partial charge in [-0.15, -0.1) is 11.3 Å². The van der Waals surface area contributed by atoms with Crippen LogP contribution in [-0.4, -0.2) is 10.9 Å². The van der Waals surface area contributed by atoms with Crippen LogP contribution >= 0.6 is 22.9 Å². The van der Waals surface area contributed by atoms with Crippen molar-refractivity contribution in [1.29, 1.82) is 0 Å². The molecule has 0 aliphatic rings. The summed E-state index contributed by atoms with van der Waals surface area (Å²) in [7, 11) is 0. The second-order valence-electron chi connectivity index (χ2n) is 5.82. The number of rotatable bonds is 3. The zero-order chi connectivity index (χ0) is 18.3. The Kier molecular flexibility index (Phi) is 4.11. The van der Waals surface area contributed by atoms with Crippen molar-refractivity contribution >= 4 is 44.7 Å². The first kappa shape index (κ1) is 16.6. The summed E-state index contributed by atoms with van der Waals surface area (Å²) in [4.78, 5) is 17.5. The number of aromatic nitrogens is 1. The smallest absolute Gasteiger partial charge is 0.260 e. The molecule has 0 aliphatic heterocycles. The van der Waals surface area contributed by atoms with Gasteiger partial charge in [-0.05, 0) is 29.3 Å². The molecule has 128 valence electrons. The van der Waals surface area contributed by atoms with Crippen molar-refractivity contribution in [2.24, 2.45) is 5.73 Å². The first-order chi connectivity index (χ1) is 12.5. The van der Waals surface area contributed by atoms with Gasteiger partial charge >= 0.3 is 0 Å². The molecule has 4 aromatic rings. The number of nitrogens with two attached hydrogens (primary N) is 2. The molecular formula is C20H14ClN3OS. The highest BCUT2D eigenvalue weighted by atomic mass is 35.5. The molecule has 0 spiro atoms. The maximum Gasteiger partial charge on any atom is 0.260 e. The van der Waals surface area contributed by atoms with Crippen molar-refractivity contribution in [1.82, 2.24) is 4.98 Å². The topological polar surface area (TPSA) is 82.0 Å². The summed E-state index contributed by atoms with van der Waals surface area (Å²) in [5.74, 6) is -0.547. The molecule has 6 heteroatoms. The molecule has 0 radical (unpaired) electrons. The maximum absolute atomic E-state index is 11.7. The largest absolute Gasteiger partial charge is 0.397 e. The molecule has 4 N–H and O–H groups in total. The van der Waals surface area contributed by atoms with Gasteiger partial charge in [0.1, 0.15) is 9.71 Å². The normalized spacial score (nSPS) is 11.0. The van der Waals surface area contributed by atoms with Gasteiger partial charge in [0.15, 0.2) is 0 Å². The van der Waals surface area contributed by atoms with E-state index in [0.29, 0.717) is 20.4 Å². The lowest BCUT2D eigenvalue weighted by Gasteiger charge is -2.09. The van der Waals surface area contributed by atoms with Crippen molar-refractivity contribution < 1.29 is 4.79 Å². The van der Waals surface area contributed by atoms with Crippen LogP contribution in [-0.2, 0) is 0 Å². The SMILES string of the molecule is NC(=O)c1sc2nc(-c3ccccc3)cc(-c3ccc(Cl)cc3)c2c1N. The molecule has 4 rings (SSSR count). The molecule has 4 nitrogen and oxygen atoms in total. The van der Waals surface area contributed by atoms with E-state index in [4.69, 9.17) is 28.1 Å². The van der Waals surface area contributed by atoms with E-state index in [9.17, 15) is 4.79 Å². The van der Waals surface area contributed by atoms with Gasteiger partial charge in [-0.2, -0.15) is 0 Å². The van der Waals surface area contributed by atoms with Gasteiger partial charge < -0.3 is 11.5 Å². The van der Waals surface area contributed by atoms with Gasteiger partial charge in [0.05, 0.1) is 11.4 Å². The number of hydrogen-bond acceptors (Lipinski definition) is 4. The van der Waals surface area contributed by atoms with E-state index in [1.54, 1.807) is 0 Å². The molecular weight excluding hydrogens is 366 g/mol. The van der Waals surface area contributed by atoms with Gasteiger partial charge in [0.2, 0.25) is 0 Å². The van der Waals surface area contributed by atoms with Gasteiger partial charge in [-0.3, -0.25) is 4.79 Å². The number of halogens is 1. The predicted molar refractivity (Wildman–Crippen MR) is 108 cm³/mol. The quantitative estimate of drug-likeness (QED) is 0.527. The molecule has 2 aromatic carbocycles. The highest BCUT2D eigenvalue weighted by molar-refractivity contribution is 7.21. The first-order valence-corrected chi connectivity index (χ1v) is 9.08. The van der Waals surface area contributed by atoms with E-state index in [2.05, 4.69) is 0 Å². The third-order valence-corrected chi connectivity index (χ3v) is 5.51. The number of carbonyl (C=O) groups is 1. The highest BCUT2D eigenvalue weighted by Crippen LogP contribution is 2.41. The number of thiophene rings is 1. The summed E-state index contributed by atoms with van der Waals surface area (Å²) in [6, 6.07) is 19.3. The molecule has 0 fully saturated rings. The lowest BCUT2D eigenvalue weighted by Crippen LogP contribution is -2.10. The number of fused-ring (bicyclic) bond motifs is 1. The summed E-state index contributed by atoms with van der Waals surface area (Å²) in [6.07, 6.45) is 0. The van der Waals surface area contributed by atoms with Crippen molar-refractivity contribution in [3.63, 3.8) is 0 Å². The number of benzene rings is 2. The number of carbonyl (C=O) groups excluding carboxylic acids is 1. The van der Waals surface area contributed by atoms with Crippen LogP contribution in [0.3, 0.4) is 0 Å². The number of anilines is 1. The molecule has 0 unspecified atom stereocenters. The first-order valence-electron chi connectivity index (χ1n) is 7.89. The van der Waals surface area contributed by atoms with Crippen molar-refractivity contribution in [3.8, 4) is 22.4 Å². The Balaban J connectivity index is 2.06. The minimum absolute atomic E-state index is 0.327. The highest BCUT2D eigenvalue weighted by Gasteiger charge is 2.20. The van der Waals surface area contributed by atoms with Crippen molar-refractivity contribution in [3.05, 3.63) is 70.6 Å². The monoisotopic (exact) mass is 379 g/mol. The summed E-state index contributed by atoms with van der Waals surface area (Å²) < 4.78 is 0. The number of nitrogen functional groups attached to an aromatic ring is 1. The lowest BCUT2D eigenvalue weighted by molar-refractivity contribution is 0.100. The maximum atomic E-state index is 11.7. The number of hydrogen-bond donors (Lipinski definition) is 2. The van der Waals surface area contributed by atoms with E-state index in [0.717, 1.165) is 27.8 Å². The molecule has 0 saturated heterocycles. The Morgan fingerprint density at radius 2 is 1.69 bits per heavy atom. The second-order valence-corrected chi connectivity index (χ2v) is 7.25. The van der Waals surface area contributed by atoms with E-state index in [1.807, 2.05) is 60.7 Å².